The summed E-state index contributed by atoms with van der Waals surface area (Å²) >= 11 is 0. The maximum absolute atomic E-state index is 14.8. The summed E-state index contributed by atoms with van der Waals surface area (Å²) < 4.78 is 20.6. The quantitative estimate of drug-likeness (QED) is 0.355. The molecule has 0 saturated carbocycles. The zero-order valence-corrected chi connectivity index (χ0v) is 18.5. The lowest BCUT2D eigenvalue weighted by molar-refractivity contribution is 0.340. The first-order valence-corrected chi connectivity index (χ1v) is 11.4. The number of hydrogen-bond acceptors (Lipinski definition) is 8. The number of ether oxygens (including phenoxy) is 1. The number of fused-ring (bicyclic) bond motifs is 2. The number of aromatic amines is 1. The fourth-order valence-corrected chi connectivity index (χ4v) is 4.83. The van der Waals surface area contributed by atoms with Crippen molar-refractivity contribution in [1.82, 2.24) is 25.5 Å². The molecule has 2 atom stereocenters. The lowest BCUT2D eigenvalue weighted by Crippen LogP contribution is -2.40. The van der Waals surface area contributed by atoms with Gasteiger partial charge in [-0.2, -0.15) is 15.1 Å². The van der Waals surface area contributed by atoms with Gasteiger partial charge in [-0.15, -0.1) is 0 Å². The average molecular weight is 461 g/mol. The third kappa shape index (κ3) is 4.08. The summed E-state index contributed by atoms with van der Waals surface area (Å²) in [7, 11) is 0. The van der Waals surface area contributed by atoms with Crippen LogP contribution in [0.5, 0.6) is 11.5 Å². The van der Waals surface area contributed by atoms with E-state index in [1.165, 1.54) is 18.9 Å². The molecule has 0 spiro atoms. The number of benzene rings is 2. The first-order valence-electron chi connectivity index (χ1n) is 11.4. The van der Waals surface area contributed by atoms with Crippen molar-refractivity contribution in [1.29, 1.82) is 0 Å². The van der Waals surface area contributed by atoms with Gasteiger partial charge >= 0.3 is 0 Å². The molecule has 2 aliphatic heterocycles. The minimum atomic E-state index is -0.491. The Hall–Kier alpha value is -3.92. The largest absolute Gasteiger partial charge is 0.454 e. The molecule has 0 unspecified atom stereocenters. The summed E-state index contributed by atoms with van der Waals surface area (Å²) in [5, 5.41) is 14.5. The molecule has 34 heavy (non-hydrogen) atoms. The SMILES string of the molecule is Nc1nc(Nc2ccc(Oc3ccc4[nH]ncc4c3)c(F)c2)cc(N2C[C@H]3CCCN[C@H]3C2)n1. The highest BCUT2D eigenvalue weighted by molar-refractivity contribution is 5.79. The van der Waals surface area contributed by atoms with Crippen LogP contribution in [0.1, 0.15) is 12.8 Å². The van der Waals surface area contributed by atoms with Crippen molar-refractivity contribution in [2.45, 2.75) is 18.9 Å². The van der Waals surface area contributed by atoms with E-state index in [1.807, 2.05) is 12.1 Å². The second kappa shape index (κ2) is 8.45. The average Bonchev–Trinajstić information content (AvgIpc) is 3.47. The summed E-state index contributed by atoms with van der Waals surface area (Å²) in [6.45, 7) is 2.90. The van der Waals surface area contributed by atoms with Crippen molar-refractivity contribution >= 4 is 34.2 Å². The van der Waals surface area contributed by atoms with E-state index in [2.05, 4.69) is 35.7 Å². The monoisotopic (exact) mass is 460 g/mol. The van der Waals surface area contributed by atoms with Crippen LogP contribution in [-0.2, 0) is 0 Å². The predicted molar refractivity (Wildman–Crippen MR) is 129 cm³/mol. The zero-order valence-electron chi connectivity index (χ0n) is 18.5. The van der Waals surface area contributed by atoms with Gasteiger partial charge in [0.2, 0.25) is 5.95 Å². The number of nitrogen functional groups attached to an aromatic ring is 1. The van der Waals surface area contributed by atoms with Crippen molar-refractivity contribution in [3.63, 3.8) is 0 Å². The molecule has 174 valence electrons. The molecule has 2 aromatic heterocycles. The van der Waals surface area contributed by atoms with E-state index in [-0.39, 0.29) is 11.7 Å². The summed E-state index contributed by atoms with van der Waals surface area (Å²) in [6, 6.07) is 12.4. The molecule has 0 aliphatic carbocycles. The Kier molecular flexibility index (Phi) is 5.14. The molecular weight excluding hydrogens is 435 g/mol. The highest BCUT2D eigenvalue weighted by Crippen LogP contribution is 2.32. The molecule has 9 nitrogen and oxygen atoms in total. The number of piperidine rings is 1. The van der Waals surface area contributed by atoms with Gasteiger partial charge < -0.3 is 26.0 Å². The molecule has 0 radical (unpaired) electrons. The zero-order chi connectivity index (χ0) is 23.1. The fraction of sp³-hybridized carbons (Fsp3) is 0.292. The molecule has 6 rings (SSSR count). The van der Waals surface area contributed by atoms with E-state index >= 15 is 0 Å². The van der Waals surface area contributed by atoms with Crippen LogP contribution in [0.15, 0.2) is 48.7 Å². The van der Waals surface area contributed by atoms with Crippen molar-refractivity contribution in [3.8, 4) is 11.5 Å². The Labute approximate surface area is 195 Å². The summed E-state index contributed by atoms with van der Waals surface area (Å²) in [6.07, 6.45) is 4.13. The molecule has 2 aliphatic rings. The van der Waals surface area contributed by atoms with E-state index < -0.39 is 5.82 Å². The van der Waals surface area contributed by atoms with Crippen LogP contribution in [0.2, 0.25) is 0 Å². The third-order valence-corrected chi connectivity index (χ3v) is 6.50. The molecule has 2 saturated heterocycles. The molecule has 0 bridgehead atoms. The first-order chi connectivity index (χ1) is 16.6. The third-order valence-electron chi connectivity index (χ3n) is 6.50. The molecule has 4 aromatic rings. The lowest BCUT2D eigenvalue weighted by atomic mass is 9.94. The van der Waals surface area contributed by atoms with Crippen molar-refractivity contribution in [2.75, 3.05) is 35.6 Å². The summed E-state index contributed by atoms with van der Waals surface area (Å²) in [4.78, 5) is 11.0. The Morgan fingerprint density at radius 3 is 2.94 bits per heavy atom. The first kappa shape index (κ1) is 20.7. The van der Waals surface area contributed by atoms with Gasteiger partial charge in [0.1, 0.15) is 17.4 Å². The lowest BCUT2D eigenvalue weighted by Gasteiger charge is -2.24. The number of aromatic nitrogens is 4. The van der Waals surface area contributed by atoms with Crippen LogP contribution in [-0.4, -0.2) is 45.8 Å². The molecule has 0 amide bonds. The number of nitrogens with one attached hydrogen (secondary N) is 3. The van der Waals surface area contributed by atoms with Gasteiger partial charge in [-0.1, -0.05) is 0 Å². The molecule has 10 heteroatoms. The number of nitrogens with two attached hydrogens (primary N) is 1. The van der Waals surface area contributed by atoms with Crippen LogP contribution >= 0.6 is 0 Å². The van der Waals surface area contributed by atoms with Crippen LogP contribution in [0.4, 0.5) is 27.7 Å². The summed E-state index contributed by atoms with van der Waals surface area (Å²) in [5.74, 6) is 2.26. The second-order valence-corrected chi connectivity index (χ2v) is 8.83. The van der Waals surface area contributed by atoms with Gasteiger partial charge in [-0.25, -0.2) is 4.39 Å². The normalized spacial score (nSPS) is 19.9. The number of halogens is 1. The molecule has 2 fully saturated rings. The van der Waals surface area contributed by atoms with Gasteiger partial charge in [0.15, 0.2) is 11.6 Å². The van der Waals surface area contributed by atoms with Gasteiger partial charge in [-0.05, 0) is 55.6 Å². The van der Waals surface area contributed by atoms with Crippen molar-refractivity contribution in [2.24, 2.45) is 5.92 Å². The molecule has 5 N–H and O–H groups in total. The number of hydrogen-bond donors (Lipinski definition) is 4. The highest BCUT2D eigenvalue weighted by atomic mass is 19.1. The van der Waals surface area contributed by atoms with Crippen LogP contribution < -0.4 is 26.0 Å². The van der Waals surface area contributed by atoms with Gasteiger partial charge in [0.05, 0.1) is 11.7 Å². The topological polar surface area (TPSA) is 117 Å². The van der Waals surface area contributed by atoms with Gasteiger partial charge in [-0.3, -0.25) is 5.10 Å². The Morgan fingerprint density at radius 1 is 1.12 bits per heavy atom. The number of H-pyrrole nitrogens is 1. The van der Waals surface area contributed by atoms with E-state index in [1.54, 1.807) is 30.5 Å². The van der Waals surface area contributed by atoms with Crippen molar-refractivity contribution < 1.29 is 9.13 Å². The molecule has 2 aromatic carbocycles. The molecular formula is C24H25FN8O. The maximum atomic E-state index is 14.8. The minimum absolute atomic E-state index is 0.128. The maximum Gasteiger partial charge on any atom is 0.223 e. The fourth-order valence-electron chi connectivity index (χ4n) is 4.83. The second-order valence-electron chi connectivity index (χ2n) is 8.83. The number of nitrogens with zero attached hydrogens (tertiary/aromatic N) is 4. The van der Waals surface area contributed by atoms with Crippen LogP contribution in [0, 0.1) is 11.7 Å². The number of rotatable bonds is 5. The molecule has 4 heterocycles. The predicted octanol–water partition coefficient (Wildman–Crippen LogP) is 3.80. The van der Waals surface area contributed by atoms with Gasteiger partial charge in [0, 0.05) is 42.3 Å². The van der Waals surface area contributed by atoms with Crippen molar-refractivity contribution in [3.05, 3.63) is 54.5 Å². The standard InChI is InChI=1S/C24H25FN8O/c25-18-9-16(3-6-21(18)34-17-4-5-19-15(8-17)11-28-32-19)29-22-10-23(31-24(26)30-22)33-12-14-2-1-7-27-20(14)13-33/h3-6,8-11,14,20,27H,1-2,7,12-13H2,(H,28,32)(H3,26,29,30,31)/t14-,20+/m1/s1. The van der Waals surface area contributed by atoms with E-state index in [9.17, 15) is 4.39 Å². The van der Waals surface area contributed by atoms with E-state index in [0.717, 1.165) is 36.4 Å². The summed E-state index contributed by atoms with van der Waals surface area (Å²) in [5.41, 5.74) is 7.42. The minimum Gasteiger partial charge on any atom is -0.454 e. The van der Waals surface area contributed by atoms with E-state index in [0.29, 0.717) is 29.2 Å². The Morgan fingerprint density at radius 2 is 2.06 bits per heavy atom. The van der Waals surface area contributed by atoms with E-state index in [4.69, 9.17) is 10.5 Å². The highest BCUT2D eigenvalue weighted by Gasteiger charge is 2.35. The number of anilines is 4. The Balaban J connectivity index is 1.18. The Bertz CT molecular complexity index is 1330. The van der Waals surface area contributed by atoms with Crippen LogP contribution in [0.3, 0.4) is 0 Å². The smallest absolute Gasteiger partial charge is 0.223 e. The van der Waals surface area contributed by atoms with Crippen LogP contribution in [0.25, 0.3) is 10.9 Å². The van der Waals surface area contributed by atoms with Gasteiger partial charge in [0.25, 0.3) is 0 Å².